The zero-order valence-corrected chi connectivity index (χ0v) is 12.7. The Labute approximate surface area is 110 Å². The number of hydrogen-bond donors (Lipinski definition) is 1. The molecule has 0 aromatic carbocycles. The number of hydrogen-bond acceptors (Lipinski definition) is 1. The fraction of sp³-hybridized carbons (Fsp3) is 1.00. The van der Waals surface area contributed by atoms with E-state index in [0.29, 0.717) is 0 Å². The van der Waals surface area contributed by atoms with Crippen LogP contribution in [-0.2, 0) is 0 Å². The molecule has 0 aromatic rings. The molecule has 0 bridgehead atoms. The molecule has 0 aliphatic rings. The largest absolute Gasteiger partial charge is 0.314 e. The highest BCUT2D eigenvalue weighted by molar-refractivity contribution is 4.67. The van der Waals surface area contributed by atoms with Crippen molar-refractivity contribution >= 4 is 0 Å². The van der Waals surface area contributed by atoms with Crippen molar-refractivity contribution in [2.45, 2.75) is 91.5 Å². The normalized spacial score (nSPS) is 13.2. The second-order valence-electron chi connectivity index (χ2n) is 5.79. The molecule has 0 radical (unpaired) electrons. The van der Waals surface area contributed by atoms with Gasteiger partial charge in [0.2, 0.25) is 0 Å². The van der Waals surface area contributed by atoms with E-state index in [1.165, 1.54) is 57.8 Å². The zero-order chi connectivity index (χ0) is 12.9. The Morgan fingerprint density at radius 2 is 1.41 bits per heavy atom. The van der Waals surface area contributed by atoms with Crippen LogP contribution in [0.15, 0.2) is 0 Å². The molecule has 0 saturated carbocycles. The van der Waals surface area contributed by atoms with Gasteiger partial charge in [-0.15, -0.1) is 0 Å². The molecular weight excluding hydrogens is 206 g/mol. The first kappa shape index (κ1) is 17.0. The Morgan fingerprint density at radius 1 is 0.824 bits per heavy atom. The van der Waals surface area contributed by atoms with Crippen LogP contribution < -0.4 is 5.32 Å². The van der Waals surface area contributed by atoms with Crippen LogP contribution in [-0.4, -0.2) is 12.6 Å². The van der Waals surface area contributed by atoms with Gasteiger partial charge in [-0.05, 0) is 25.3 Å². The molecule has 0 saturated heterocycles. The summed E-state index contributed by atoms with van der Waals surface area (Å²) >= 11 is 0. The van der Waals surface area contributed by atoms with Crippen molar-refractivity contribution in [2.24, 2.45) is 5.92 Å². The van der Waals surface area contributed by atoms with E-state index >= 15 is 0 Å². The summed E-state index contributed by atoms with van der Waals surface area (Å²) in [4.78, 5) is 0. The number of unbranched alkanes of at least 4 members (excludes halogenated alkanes) is 6. The van der Waals surface area contributed by atoms with Crippen molar-refractivity contribution in [3.8, 4) is 0 Å². The SMILES string of the molecule is CCCCCCCCCC(CC(C)C)NCC. The van der Waals surface area contributed by atoms with Gasteiger partial charge in [0.15, 0.2) is 0 Å². The van der Waals surface area contributed by atoms with Crippen LogP contribution in [0.25, 0.3) is 0 Å². The third-order valence-corrected chi connectivity index (χ3v) is 3.40. The smallest absolute Gasteiger partial charge is 0.00693 e. The van der Waals surface area contributed by atoms with E-state index in [2.05, 4.69) is 33.0 Å². The summed E-state index contributed by atoms with van der Waals surface area (Å²) in [6.07, 6.45) is 12.7. The van der Waals surface area contributed by atoms with E-state index in [-0.39, 0.29) is 0 Å². The average Bonchev–Trinajstić information content (AvgIpc) is 2.27. The molecule has 1 N–H and O–H groups in total. The maximum atomic E-state index is 3.63. The van der Waals surface area contributed by atoms with Gasteiger partial charge in [-0.1, -0.05) is 72.6 Å². The van der Waals surface area contributed by atoms with Crippen molar-refractivity contribution in [3.05, 3.63) is 0 Å². The van der Waals surface area contributed by atoms with Gasteiger partial charge >= 0.3 is 0 Å². The van der Waals surface area contributed by atoms with E-state index in [1.54, 1.807) is 0 Å². The Bertz CT molecular complexity index is 142. The van der Waals surface area contributed by atoms with Crippen molar-refractivity contribution < 1.29 is 0 Å². The van der Waals surface area contributed by atoms with Crippen LogP contribution in [0.5, 0.6) is 0 Å². The molecule has 0 aliphatic carbocycles. The maximum Gasteiger partial charge on any atom is 0.00693 e. The van der Waals surface area contributed by atoms with Gasteiger partial charge < -0.3 is 5.32 Å². The second kappa shape index (κ2) is 12.4. The van der Waals surface area contributed by atoms with E-state index in [4.69, 9.17) is 0 Å². The summed E-state index contributed by atoms with van der Waals surface area (Å²) in [6.45, 7) is 10.3. The minimum absolute atomic E-state index is 0.760. The van der Waals surface area contributed by atoms with Gasteiger partial charge in [0.1, 0.15) is 0 Å². The summed E-state index contributed by atoms with van der Waals surface area (Å²) in [5.41, 5.74) is 0. The summed E-state index contributed by atoms with van der Waals surface area (Å²) < 4.78 is 0. The molecule has 104 valence electrons. The van der Waals surface area contributed by atoms with Crippen molar-refractivity contribution in [1.82, 2.24) is 5.32 Å². The molecule has 0 aliphatic heterocycles. The molecule has 17 heavy (non-hydrogen) atoms. The number of nitrogens with one attached hydrogen (secondary N) is 1. The first-order chi connectivity index (χ1) is 8.20. The van der Waals surface area contributed by atoms with Gasteiger partial charge in [0.25, 0.3) is 0 Å². The molecule has 1 nitrogen and oxygen atoms in total. The molecule has 1 heteroatoms. The molecule has 0 aromatic heterocycles. The Kier molecular flexibility index (Phi) is 12.4. The Balaban J connectivity index is 3.40. The monoisotopic (exact) mass is 241 g/mol. The topological polar surface area (TPSA) is 12.0 Å². The highest BCUT2D eigenvalue weighted by Gasteiger charge is 2.08. The van der Waals surface area contributed by atoms with Gasteiger partial charge in [-0.3, -0.25) is 0 Å². The van der Waals surface area contributed by atoms with E-state index in [9.17, 15) is 0 Å². The quantitative estimate of drug-likeness (QED) is 0.466. The van der Waals surface area contributed by atoms with Crippen LogP contribution in [0.1, 0.15) is 85.5 Å². The Morgan fingerprint density at radius 3 is 1.94 bits per heavy atom. The molecule has 0 fully saturated rings. The van der Waals surface area contributed by atoms with Gasteiger partial charge in [-0.2, -0.15) is 0 Å². The minimum atomic E-state index is 0.760. The fourth-order valence-electron chi connectivity index (χ4n) is 2.51. The van der Waals surface area contributed by atoms with Gasteiger partial charge in [0.05, 0.1) is 0 Å². The van der Waals surface area contributed by atoms with Crippen LogP contribution in [0, 0.1) is 5.92 Å². The average molecular weight is 241 g/mol. The molecule has 0 heterocycles. The first-order valence-electron chi connectivity index (χ1n) is 7.94. The highest BCUT2D eigenvalue weighted by atomic mass is 14.9. The summed E-state index contributed by atoms with van der Waals surface area (Å²) in [5, 5.41) is 3.63. The third-order valence-electron chi connectivity index (χ3n) is 3.40. The predicted molar refractivity (Wildman–Crippen MR) is 79.5 cm³/mol. The minimum Gasteiger partial charge on any atom is -0.314 e. The summed E-state index contributed by atoms with van der Waals surface area (Å²) in [5.74, 6) is 0.823. The molecule has 1 unspecified atom stereocenters. The lowest BCUT2D eigenvalue weighted by Gasteiger charge is -2.19. The zero-order valence-electron chi connectivity index (χ0n) is 12.7. The van der Waals surface area contributed by atoms with Crippen LogP contribution in [0.2, 0.25) is 0 Å². The Hall–Kier alpha value is -0.0400. The highest BCUT2D eigenvalue weighted by Crippen LogP contribution is 2.13. The molecule has 1 atom stereocenters. The van der Waals surface area contributed by atoms with Crippen molar-refractivity contribution in [1.29, 1.82) is 0 Å². The van der Waals surface area contributed by atoms with Crippen LogP contribution in [0.4, 0.5) is 0 Å². The maximum absolute atomic E-state index is 3.63. The first-order valence-corrected chi connectivity index (χ1v) is 7.94. The third kappa shape index (κ3) is 12.2. The van der Waals surface area contributed by atoms with E-state index < -0.39 is 0 Å². The molecule has 0 rings (SSSR count). The summed E-state index contributed by atoms with van der Waals surface area (Å²) in [7, 11) is 0. The molecule has 0 amide bonds. The van der Waals surface area contributed by atoms with Crippen molar-refractivity contribution in [2.75, 3.05) is 6.54 Å². The molecule has 0 spiro atoms. The van der Waals surface area contributed by atoms with Crippen molar-refractivity contribution in [3.63, 3.8) is 0 Å². The standard InChI is InChI=1S/C16H35N/c1-5-7-8-9-10-11-12-13-16(17-6-2)14-15(3)4/h15-17H,5-14H2,1-4H3. The van der Waals surface area contributed by atoms with E-state index in [1.807, 2.05) is 0 Å². The predicted octanol–water partition coefficient (Wildman–Crippen LogP) is 5.15. The van der Waals surface area contributed by atoms with Gasteiger partial charge in [0, 0.05) is 6.04 Å². The van der Waals surface area contributed by atoms with Crippen LogP contribution >= 0.6 is 0 Å². The van der Waals surface area contributed by atoms with Gasteiger partial charge in [-0.25, -0.2) is 0 Å². The van der Waals surface area contributed by atoms with E-state index in [0.717, 1.165) is 18.5 Å². The second-order valence-corrected chi connectivity index (χ2v) is 5.79. The lowest BCUT2D eigenvalue weighted by Crippen LogP contribution is -2.30. The number of rotatable bonds is 12. The lowest BCUT2D eigenvalue weighted by atomic mass is 9.98. The fourth-order valence-corrected chi connectivity index (χ4v) is 2.51. The van der Waals surface area contributed by atoms with Crippen LogP contribution in [0.3, 0.4) is 0 Å². The lowest BCUT2D eigenvalue weighted by molar-refractivity contribution is 0.390. The molecular formula is C16H35N. The summed E-state index contributed by atoms with van der Waals surface area (Å²) in [6, 6.07) is 0.760.